The van der Waals surface area contributed by atoms with Crippen LogP contribution in [0.5, 0.6) is 0 Å². The lowest BCUT2D eigenvalue weighted by Gasteiger charge is -2.42. The van der Waals surface area contributed by atoms with Crippen molar-refractivity contribution in [3.8, 4) is 0 Å². The molecule has 0 amide bonds. The van der Waals surface area contributed by atoms with Crippen molar-refractivity contribution in [3.05, 3.63) is 34.9 Å². The lowest BCUT2D eigenvalue weighted by atomic mass is 9.64. The third-order valence-corrected chi connectivity index (χ3v) is 9.50. The minimum Gasteiger partial charge on any atom is -0.393 e. The van der Waals surface area contributed by atoms with Crippen molar-refractivity contribution in [2.24, 2.45) is 11.3 Å². The third-order valence-electron chi connectivity index (χ3n) is 8.04. The second kappa shape index (κ2) is 9.94. The van der Waals surface area contributed by atoms with E-state index in [4.69, 9.17) is 0 Å². The minimum absolute atomic E-state index is 0.219. The predicted octanol–water partition coefficient (Wildman–Crippen LogP) is 5.55. The maximum atomic E-state index is 10.7. The van der Waals surface area contributed by atoms with Crippen molar-refractivity contribution in [2.45, 2.75) is 109 Å². The van der Waals surface area contributed by atoms with E-state index < -0.39 is 17.8 Å². The van der Waals surface area contributed by atoms with Crippen molar-refractivity contribution >= 4 is 11.8 Å². The van der Waals surface area contributed by atoms with E-state index in [1.54, 1.807) is 5.57 Å². The Morgan fingerprint density at radius 3 is 2.50 bits per heavy atom. The number of hydrogen-bond donors (Lipinski definition) is 3. The van der Waals surface area contributed by atoms with Gasteiger partial charge in [-0.15, -0.1) is 0 Å². The summed E-state index contributed by atoms with van der Waals surface area (Å²) in [6.45, 7) is 8.93. The molecule has 3 rings (SSSR count). The lowest BCUT2D eigenvalue weighted by Crippen LogP contribution is -2.35. The standard InChI is InChI=1S/C26H42O3S/c1-5-26(29,6-2)17-30-18(3)23-11-12-24-20(8-7-13-25(23,24)4)10-9-19-14-21(27)16-22(28)15-19/h9-11,18,21-22,24,27-29H,5-8,12-17H2,1-4H3/b20-10+/t18-,21+,22+,24-,25+/m0/s1. The summed E-state index contributed by atoms with van der Waals surface area (Å²) in [6, 6.07) is 0. The Morgan fingerprint density at radius 2 is 1.87 bits per heavy atom. The van der Waals surface area contributed by atoms with Gasteiger partial charge in [-0.1, -0.05) is 55.7 Å². The highest BCUT2D eigenvalue weighted by Crippen LogP contribution is 2.56. The normalized spacial score (nSPS) is 34.6. The second-order valence-electron chi connectivity index (χ2n) is 10.1. The molecule has 0 unspecified atom stereocenters. The maximum Gasteiger partial charge on any atom is 0.0732 e. The summed E-state index contributed by atoms with van der Waals surface area (Å²) in [5.41, 5.74) is 3.96. The van der Waals surface area contributed by atoms with Gasteiger partial charge in [0.1, 0.15) is 0 Å². The fraction of sp³-hybridized carbons (Fsp3) is 0.769. The average Bonchev–Trinajstić information content (AvgIpc) is 3.07. The first-order valence-corrected chi connectivity index (χ1v) is 13.0. The largest absolute Gasteiger partial charge is 0.393 e. The second-order valence-corrected chi connectivity index (χ2v) is 11.5. The molecule has 5 atom stereocenters. The fourth-order valence-electron chi connectivity index (χ4n) is 5.84. The summed E-state index contributed by atoms with van der Waals surface area (Å²) in [7, 11) is 0. The smallest absolute Gasteiger partial charge is 0.0732 e. The molecule has 170 valence electrons. The Balaban J connectivity index is 1.70. The summed E-state index contributed by atoms with van der Waals surface area (Å²) < 4.78 is 0. The summed E-state index contributed by atoms with van der Waals surface area (Å²) in [5, 5.41) is 31.1. The molecule has 0 aliphatic heterocycles. The molecule has 3 nitrogen and oxygen atoms in total. The van der Waals surface area contributed by atoms with Gasteiger partial charge in [0.25, 0.3) is 0 Å². The molecule has 0 saturated heterocycles. The molecule has 3 aliphatic rings. The molecule has 30 heavy (non-hydrogen) atoms. The zero-order valence-electron chi connectivity index (χ0n) is 19.4. The van der Waals surface area contributed by atoms with Gasteiger partial charge in [-0.05, 0) is 76.0 Å². The van der Waals surface area contributed by atoms with E-state index >= 15 is 0 Å². The van der Waals surface area contributed by atoms with Gasteiger partial charge in [0.2, 0.25) is 0 Å². The number of rotatable bonds is 7. The van der Waals surface area contributed by atoms with Crippen LogP contribution in [0, 0.1) is 11.3 Å². The van der Waals surface area contributed by atoms with Crippen LogP contribution in [0.2, 0.25) is 0 Å². The van der Waals surface area contributed by atoms with Crippen LogP contribution in [0.1, 0.15) is 85.5 Å². The van der Waals surface area contributed by atoms with Gasteiger partial charge in [0.15, 0.2) is 0 Å². The van der Waals surface area contributed by atoms with Gasteiger partial charge < -0.3 is 15.3 Å². The number of allylic oxidation sites excluding steroid dienone is 4. The maximum absolute atomic E-state index is 10.7. The summed E-state index contributed by atoms with van der Waals surface area (Å²) in [4.78, 5) is 0. The molecule has 2 fully saturated rings. The van der Waals surface area contributed by atoms with Gasteiger partial charge in [-0.25, -0.2) is 0 Å². The van der Waals surface area contributed by atoms with Gasteiger partial charge in [0.05, 0.1) is 17.8 Å². The topological polar surface area (TPSA) is 60.7 Å². The van der Waals surface area contributed by atoms with Crippen molar-refractivity contribution in [1.82, 2.24) is 0 Å². The summed E-state index contributed by atoms with van der Waals surface area (Å²) in [5.74, 6) is 1.37. The van der Waals surface area contributed by atoms with Gasteiger partial charge in [0, 0.05) is 11.0 Å². The van der Waals surface area contributed by atoms with Crippen LogP contribution in [-0.4, -0.2) is 44.1 Å². The molecule has 0 aromatic rings. The van der Waals surface area contributed by atoms with Crippen molar-refractivity contribution in [3.63, 3.8) is 0 Å². The zero-order valence-corrected chi connectivity index (χ0v) is 20.2. The first-order valence-electron chi connectivity index (χ1n) is 12.0. The number of hydrogen-bond acceptors (Lipinski definition) is 4. The molecule has 3 N–H and O–H groups in total. The SMILES string of the molecule is CCC(O)(CC)CS[C@@H](C)C1=CC[C@H]2/C(=C/C=C3C[C@@H](O)C[C@H](O)C3)CCC[C@]12C. The highest BCUT2D eigenvalue weighted by molar-refractivity contribution is 8.00. The Hall–Kier alpha value is -0.550. The summed E-state index contributed by atoms with van der Waals surface area (Å²) >= 11 is 1.92. The van der Waals surface area contributed by atoms with Crippen LogP contribution in [0.4, 0.5) is 0 Å². The fourth-order valence-corrected chi connectivity index (χ4v) is 7.35. The van der Waals surface area contributed by atoms with Crippen LogP contribution >= 0.6 is 11.8 Å². The molecule has 0 radical (unpaired) electrons. The minimum atomic E-state index is -0.544. The molecule has 0 bridgehead atoms. The average molecular weight is 435 g/mol. The molecule has 0 aromatic carbocycles. The van der Waals surface area contributed by atoms with Gasteiger partial charge in [-0.2, -0.15) is 11.8 Å². The van der Waals surface area contributed by atoms with Gasteiger partial charge >= 0.3 is 0 Å². The Bertz CT molecular complexity index is 678. The van der Waals surface area contributed by atoms with Crippen LogP contribution in [-0.2, 0) is 0 Å². The number of fused-ring (bicyclic) bond motifs is 1. The molecule has 0 aromatic heterocycles. The molecular weight excluding hydrogens is 392 g/mol. The Morgan fingerprint density at radius 1 is 1.20 bits per heavy atom. The number of aliphatic hydroxyl groups excluding tert-OH is 2. The van der Waals surface area contributed by atoms with Crippen molar-refractivity contribution in [2.75, 3.05) is 5.75 Å². The third kappa shape index (κ3) is 5.26. The Kier molecular flexibility index (Phi) is 7.98. The van der Waals surface area contributed by atoms with Crippen LogP contribution in [0.15, 0.2) is 34.9 Å². The Labute approximate surface area is 187 Å². The van der Waals surface area contributed by atoms with E-state index in [9.17, 15) is 15.3 Å². The van der Waals surface area contributed by atoms with Crippen LogP contribution in [0.3, 0.4) is 0 Å². The first-order chi connectivity index (χ1) is 14.2. The molecular formula is C26H42O3S. The van der Waals surface area contributed by atoms with E-state index in [0.29, 0.717) is 30.4 Å². The van der Waals surface area contributed by atoms with E-state index in [0.717, 1.165) is 31.4 Å². The van der Waals surface area contributed by atoms with Gasteiger partial charge in [-0.3, -0.25) is 0 Å². The van der Waals surface area contributed by atoms with E-state index in [1.807, 2.05) is 11.8 Å². The van der Waals surface area contributed by atoms with Crippen molar-refractivity contribution in [1.29, 1.82) is 0 Å². The lowest BCUT2D eigenvalue weighted by molar-refractivity contribution is 0.0570. The zero-order chi connectivity index (χ0) is 21.9. The molecule has 2 saturated carbocycles. The molecule has 0 heterocycles. The quantitative estimate of drug-likeness (QED) is 0.460. The molecule has 3 aliphatic carbocycles. The van der Waals surface area contributed by atoms with Crippen LogP contribution < -0.4 is 0 Å². The van der Waals surface area contributed by atoms with Crippen LogP contribution in [0.25, 0.3) is 0 Å². The molecule has 0 spiro atoms. The number of aliphatic hydroxyl groups is 3. The highest BCUT2D eigenvalue weighted by Gasteiger charge is 2.46. The number of thioether (sulfide) groups is 1. The van der Waals surface area contributed by atoms with E-state index in [-0.39, 0.29) is 5.41 Å². The highest BCUT2D eigenvalue weighted by atomic mass is 32.2. The first kappa shape index (κ1) is 24.1. The predicted molar refractivity (Wildman–Crippen MR) is 128 cm³/mol. The van der Waals surface area contributed by atoms with E-state index in [1.165, 1.54) is 24.0 Å². The monoisotopic (exact) mass is 434 g/mol. The summed E-state index contributed by atoms with van der Waals surface area (Å²) in [6.07, 6.45) is 14.4. The van der Waals surface area contributed by atoms with E-state index in [2.05, 4.69) is 45.9 Å². The van der Waals surface area contributed by atoms with Crippen molar-refractivity contribution < 1.29 is 15.3 Å². The molecule has 4 heteroatoms.